The van der Waals surface area contributed by atoms with E-state index in [4.69, 9.17) is 18.3 Å². The van der Waals surface area contributed by atoms with Crippen molar-refractivity contribution >= 4 is 66.5 Å². The first-order valence-electron chi connectivity index (χ1n) is 11.8. The highest BCUT2D eigenvalue weighted by molar-refractivity contribution is 6.36. The SMILES string of the molecule is COCCOCCN1C(=O)c2cc3c(cc2C1=O)c1oc2ccccc2c1c1c2ccccc2oc31. The Hall–Kier alpha value is -4.20. The first-order valence-corrected chi connectivity index (χ1v) is 11.8. The van der Waals surface area contributed by atoms with Crippen LogP contribution in [0.4, 0.5) is 0 Å². The molecule has 2 amide bonds. The minimum absolute atomic E-state index is 0.173. The molecule has 4 aromatic carbocycles. The summed E-state index contributed by atoms with van der Waals surface area (Å²) in [7, 11) is 1.59. The summed E-state index contributed by atoms with van der Waals surface area (Å²) in [4.78, 5) is 27.7. The van der Waals surface area contributed by atoms with E-state index < -0.39 is 0 Å². The smallest absolute Gasteiger partial charge is 0.261 e. The van der Waals surface area contributed by atoms with Gasteiger partial charge in [0, 0.05) is 39.4 Å². The molecule has 0 saturated carbocycles. The molecule has 178 valence electrons. The Balaban J connectivity index is 1.48. The summed E-state index contributed by atoms with van der Waals surface area (Å²) in [5.74, 6) is -0.664. The van der Waals surface area contributed by atoms with Gasteiger partial charge in [-0.05, 0) is 24.3 Å². The van der Waals surface area contributed by atoms with Gasteiger partial charge in [0.15, 0.2) is 0 Å². The Morgan fingerprint density at radius 1 is 0.694 bits per heavy atom. The van der Waals surface area contributed by atoms with Crippen LogP contribution >= 0.6 is 0 Å². The Kier molecular flexibility index (Phi) is 4.64. The summed E-state index contributed by atoms with van der Waals surface area (Å²) >= 11 is 0. The van der Waals surface area contributed by atoms with Gasteiger partial charge in [0.25, 0.3) is 11.8 Å². The molecular formula is C29H21NO6. The number of methoxy groups -OCH3 is 1. The summed E-state index contributed by atoms with van der Waals surface area (Å²) in [5.41, 5.74) is 3.58. The molecule has 7 nitrogen and oxygen atoms in total. The molecule has 0 fully saturated rings. The van der Waals surface area contributed by atoms with Crippen molar-refractivity contribution in [3.05, 3.63) is 71.8 Å². The lowest BCUT2D eigenvalue weighted by atomic mass is 9.96. The normalized spacial score (nSPS) is 13.9. The number of furan rings is 2. The Morgan fingerprint density at radius 2 is 1.22 bits per heavy atom. The second-order valence-corrected chi connectivity index (χ2v) is 8.92. The molecule has 0 atom stereocenters. The largest absolute Gasteiger partial charge is 0.455 e. The molecule has 3 heterocycles. The van der Waals surface area contributed by atoms with Crippen LogP contribution < -0.4 is 0 Å². The van der Waals surface area contributed by atoms with Crippen molar-refractivity contribution in [2.24, 2.45) is 0 Å². The van der Waals surface area contributed by atoms with E-state index in [1.807, 2.05) is 48.5 Å². The van der Waals surface area contributed by atoms with E-state index in [9.17, 15) is 9.59 Å². The van der Waals surface area contributed by atoms with Crippen LogP contribution in [0.15, 0.2) is 69.5 Å². The van der Waals surface area contributed by atoms with Gasteiger partial charge in [0.05, 0.1) is 37.5 Å². The standard InChI is InChI=1S/C29H21NO6/c1-33-12-13-34-11-10-30-28(31)20-14-18-19(15-21(20)29(30)32)27-25(17-7-3-5-9-23(17)36-27)24-16-6-2-4-8-22(16)35-26(18)24/h2-9,14-15H,10-13H2,1H3. The van der Waals surface area contributed by atoms with Gasteiger partial charge in [-0.15, -0.1) is 0 Å². The molecule has 36 heavy (non-hydrogen) atoms. The van der Waals surface area contributed by atoms with E-state index in [2.05, 4.69) is 0 Å². The van der Waals surface area contributed by atoms with Crippen molar-refractivity contribution in [3.63, 3.8) is 0 Å². The van der Waals surface area contributed by atoms with Crippen LogP contribution in [0.5, 0.6) is 0 Å². The van der Waals surface area contributed by atoms with Crippen molar-refractivity contribution in [1.29, 1.82) is 0 Å². The van der Waals surface area contributed by atoms with Crippen molar-refractivity contribution in [2.75, 3.05) is 33.5 Å². The Bertz CT molecular complexity index is 1730. The molecule has 0 bridgehead atoms. The maximum absolute atomic E-state index is 13.3. The van der Waals surface area contributed by atoms with Gasteiger partial charge in [-0.3, -0.25) is 14.5 Å². The molecule has 2 aromatic heterocycles. The van der Waals surface area contributed by atoms with Crippen molar-refractivity contribution in [3.8, 4) is 0 Å². The number of nitrogens with zero attached hydrogens (tertiary/aromatic N) is 1. The van der Waals surface area contributed by atoms with E-state index >= 15 is 0 Å². The molecular weight excluding hydrogens is 458 g/mol. The lowest BCUT2D eigenvalue weighted by Gasteiger charge is -2.13. The van der Waals surface area contributed by atoms with Gasteiger partial charge in [-0.1, -0.05) is 36.4 Å². The maximum atomic E-state index is 13.3. The number of ether oxygens (including phenoxy) is 2. The number of amides is 2. The van der Waals surface area contributed by atoms with Crippen molar-refractivity contribution in [1.82, 2.24) is 4.90 Å². The van der Waals surface area contributed by atoms with Crippen LogP contribution in [0, 0.1) is 0 Å². The molecule has 0 N–H and O–H groups in total. The Labute approximate surface area is 204 Å². The summed E-state index contributed by atoms with van der Waals surface area (Å²) in [6.45, 7) is 1.27. The number of carbonyl (C=O) groups excluding carboxylic acids is 2. The van der Waals surface area contributed by atoms with Gasteiger partial charge in [0.2, 0.25) is 0 Å². The fourth-order valence-corrected chi connectivity index (χ4v) is 5.28. The van der Waals surface area contributed by atoms with Gasteiger partial charge in [-0.2, -0.15) is 0 Å². The highest BCUT2D eigenvalue weighted by Gasteiger charge is 2.36. The van der Waals surface area contributed by atoms with Crippen LogP contribution in [-0.2, 0) is 9.47 Å². The molecule has 0 unspecified atom stereocenters. The predicted octanol–water partition coefficient (Wildman–Crippen LogP) is 5.90. The number of carbonyl (C=O) groups is 2. The quantitative estimate of drug-likeness (QED) is 0.219. The first-order chi connectivity index (χ1) is 17.7. The monoisotopic (exact) mass is 479 g/mol. The van der Waals surface area contributed by atoms with E-state index in [1.54, 1.807) is 19.2 Å². The predicted molar refractivity (Wildman–Crippen MR) is 137 cm³/mol. The van der Waals surface area contributed by atoms with Crippen molar-refractivity contribution in [2.45, 2.75) is 0 Å². The van der Waals surface area contributed by atoms with Gasteiger partial charge < -0.3 is 18.3 Å². The average molecular weight is 479 g/mol. The second-order valence-electron chi connectivity index (χ2n) is 8.92. The summed E-state index contributed by atoms with van der Waals surface area (Å²) in [6.07, 6.45) is 0. The molecule has 7 rings (SSSR count). The van der Waals surface area contributed by atoms with Gasteiger partial charge in [0.1, 0.15) is 22.3 Å². The summed E-state index contributed by atoms with van der Waals surface area (Å²) < 4.78 is 23.2. The molecule has 6 aromatic rings. The number of hydrogen-bond donors (Lipinski definition) is 0. The number of rotatable bonds is 6. The van der Waals surface area contributed by atoms with Crippen LogP contribution in [-0.4, -0.2) is 50.2 Å². The third-order valence-corrected chi connectivity index (χ3v) is 6.93. The highest BCUT2D eigenvalue weighted by atomic mass is 16.5. The van der Waals surface area contributed by atoms with E-state index in [0.29, 0.717) is 35.5 Å². The van der Waals surface area contributed by atoms with Gasteiger partial charge in [-0.25, -0.2) is 0 Å². The van der Waals surface area contributed by atoms with Crippen LogP contribution in [0.1, 0.15) is 20.7 Å². The second kappa shape index (κ2) is 7.91. The third-order valence-electron chi connectivity index (χ3n) is 6.93. The van der Waals surface area contributed by atoms with Crippen molar-refractivity contribution < 1.29 is 27.9 Å². The average Bonchev–Trinajstić information content (AvgIpc) is 3.54. The Morgan fingerprint density at radius 3 is 1.75 bits per heavy atom. The topological polar surface area (TPSA) is 82.1 Å². The number of benzene rings is 4. The van der Waals surface area contributed by atoms with Gasteiger partial charge >= 0.3 is 0 Å². The van der Waals surface area contributed by atoms with Crippen LogP contribution in [0.25, 0.3) is 54.6 Å². The molecule has 1 aliphatic heterocycles. The minimum Gasteiger partial charge on any atom is -0.455 e. The minimum atomic E-state index is -0.332. The summed E-state index contributed by atoms with van der Waals surface area (Å²) in [5, 5.41) is 5.32. The maximum Gasteiger partial charge on any atom is 0.261 e. The van der Waals surface area contributed by atoms with E-state index in [-0.39, 0.29) is 25.0 Å². The van der Waals surface area contributed by atoms with Crippen LogP contribution in [0.3, 0.4) is 0 Å². The molecule has 1 aliphatic rings. The lowest BCUT2D eigenvalue weighted by Crippen LogP contribution is -2.33. The number of imide groups is 1. The lowest BCUT2D eigenvalue weighted by molar-refractivity contribution is 0.0459. The van der Waals surface area contributed by atoms with E-state index in [1.165, 1.54) is 4.90 Å². The number of para-hydroxylation sites is 2. The molecule has 0 saturated heterocycles. The van der Waals surface area contributed by atoms with E-state index in [0.717, 1.165) is 43.5 Å². The highest BCUT2D eigenvalue weighted by Crippen LogP contribution is 2.46. The zero-order valence-corrected chi connectivity index (χ0v) is 19.5. The molecule has 0 radical (unpaired) electrons. The molecule has 0 aliphatic carbocycles. The molecule has 7 heteroatoms. The zero-order valence-electron chi connectivity index (χ0n) is 19.5. The third kappa shape index (κ3) is 2.87. The number of hydrogen-bond acceptors (Lipinski definition) is 6. The number of fused-ring (bicyclic) bond motifs is 11. The fourth-order valence-electron chi connectivity index (χ4n) is 5.28. The summed E-state index contributed by atoms with van der Waals surface area (Å²) in [6, 6.07) is 19.3. The first kappa shape index (κ1) is 21.1. The molecule has 0 spiro atoms. The fraction of sp³-hybridized carbons (Fsp3) is 0.172. The van der Waals surface area contributed by atoms with Crippen LogP contribution in [0.2, 0.25) is 0 Å². The zero-order chi connectivity index (χ0) is 24.4.